The van der Waals surface area contributed by atoms with E-state index in [1.807, 2.05) is 0 Å². The number of carbonyl (C=O) groups excluding carboxylic acids is 1. The molecule has 0 aromatic heterocycles. The number of amides is 1. The molecule has 0 radical (unpaired) electrons. The Hall–Kier alpha value is -1.68. The van der Waals surface area contributed by atoms with Gasteiger partial charge in [0.15, 0.2) is 0 Å². The fraction of sp³-hybridized carbons (Fsp3) is 0.393. The Labute approximate surface area is 200 Å². The number of hydrogen-bond acceptors (Lipinski definition) is 1. The normalized spacial score (nSPS) is 18.9. The molecule has 2 aliphatic carbocycles. The number of allylic oxidation sites excluding steroid dienone is 2. The number of rotatable bonds is 3. The van der Waals surface area contributed by atoms with Crippen molar-refractivity contribution in [2.75, 3.05) is 0 Å². The van der Waals surface area contributed by atoms with Gasteiger partial charge in [0, 0.05) is 0 Å². The first-order valence-corrected chi connectivity index (χ1v) is 16.6. The maximum atomic E-state index is 13.2. The van der Waals surface area contributed by atoms with E-state index >= 15 is 0 Å². The molecule has 1 fully saturated rings. The molecule has 2 nitrogen and oxygen atoms in total. The molecule has 32 heavy (non-hydrogen) atoms. The molecule has 1 atom stereocenters. The van der Waals surface area contributed by atoms with Crippen molar-refractivity contribution in [1.82, 2.24) is 3.80 Å². The van der Waals surface area contributed by atoms with Crippen LogP contribution < -0.4 is 7.67 Å². The van der Waals surface area contributed by atoms with E-state index in [0.29, 0.717) is 11.8 Å². The predicted octanol–water partition coefficient (Wildman–Crippen LogP) is 5.55. The summed E-state index contributed by atoms with van der Waals surface area (Å²) in [5, 5.41) is 10.2. The van der Waals surface area contributed by atoms with E-state index in [1.165, 1.54) is 61.4 Å². The van der Waals surface area contributed by atoms with Crippen LogP contribution in [0.4, 0.5) is 0 Å². The molecule has 0 aliphatic heterocycles. The molecule has 0 heterocycles. The Morgan fingerprint density at radius 3 is 2.31 bits per heavy atom. The van der Waals surface area contributed by atoms with E-state index in [2.05, 4.69) is 76.6 Å². The minimum absolute atomic E-state index is 0. The van der Waals surface area contributed by atoms with Crippen molar-refractivity contribution in [2.24, 2.45) is 5.92 Å². The van der Waals surface area contributed by atoms with Crippen LogP contribution in [0.15, 0.2) is 48.5 Å². The summed E-state index contributed by atoms with van der Waals surface area (Å²) in [5.74, 6) is 0.917. The third-order valence-electron chi connectivity index (χ3n) is 7.52. The van der Waals surface area contributed by atoms with Crippen LogP contribution in [0, 0.1) is 5.92 Å². The summed E-state index contributed by atoms with van der Waals surface area (Å²) in [5.41, 5.74) is 4.26. The summed E-state index contributed by atoms with van der Waals surface area (Å²) in [6, 6.07) is 15.6. The van der Waals surface area contributed by atoms with Gasteiger partial charge in [0.25, 0.3) is 0 Å². The maximum absolute atomic E-state index is 13.2. The van der Waals surface area contributed by atoms with Crippen LogP contribution in [0.1, 0.15) is 63.0 Å². The van der Waals surface area contributed by atoms with Gasteiger partial charge in [0.1, 0.15) is 0 Å². The van der Waals surface area contributed by atoms with Crippen LogP contribution in [-0.2, 0) is 21.6 Å². The van der Waals surface area contributed by atoms with E-state index < -0.39 is 16.8 Å². The number of fused-ring (bicyclic) bond motifs is 6. The van der Waals surface area contributed by atoms with Gasteiger partial charge in [-0.1, -0.05) is 0 Å². The molecule has 0 saturated heterocycles. The second-order valence-electron chi connectivity index (χ2n) is 10.1. The number of benzene rings is 3. The average molecular weight is 480 g/mol. The van der Waals surface area contributed by atoms with Gasteiger partial charge in [-0.3, -0.25) is 0 Å². The molecule has 3 aromatic rings. The van der Waals surface area contributed by atoms with Gasteiger partial charge in [-0.2, -0.15) is 0 Å². The fourth-order valence-electron chi connectivity index (χ4n) is 6.06. The monoisotopic (exact) mass is 479 g/mol. The van der Waals surface area contributed by atoms with Gasteiger partial charge >= 0.3 is 190 Å². The summed E-state index contributed by atoms with van der Waals surface area (Å²) < 4.78 is 5.05. The van der Waals surface area contributed by atoms with Gasteiger partial charge in [-0.25, -0.2) is 0 Å². The summed E-state index contributed by atoms with van der Waals surface area (Å²) in [6.07, 6.45) is 8.19. The van der Waals surface area contributed by atoms with Crippen molar-refractivity contribution in [2.45, 2.75) is 62.3 Å². The van der Waals surface area contributed by atoms with Crippen molar-refractivity contribution in [3.63, 3.8) is 0 Å². The van der Waals surface area contributed by atoms with Gasteiger partial charge in [0.2, 0.25) is 0 Å². The minimum Gasteiger partial charge on any atom is -0.0149 e. The van der Waals surface area contributed by atoms with E-state index in [0.717, 1.165) is 12.8 Å². The van der Waals surface area contributed by atoms with Gasteiger partial charge in [0.05, 0.1) is 0 Å². The Morgan fingerprint density at radius 2 is 1.59 bits per heavy atom. The minimum atomic E-state index is -2.81. The number of carbonyl (C=O) groups is 1. The molecule has 168 valence electrons. The molecular weight excluding hydrogens is 442 g/mol. The zero-order valence-corrected chi connectivity index (χ0v) is 20.8. The third-order valence-corrected chi connectivity index (χ3v) is 11.6. The first-order valence-electron chi connectivity index (χ1n) is 11.9. The zero-order chi connectivity index (χ0) is 21.8. The molecule has 0 spiro atoms. The Bertz CT molecular complexity index is 1220. The molecular formula is C28H37NOSiTi. The van der Waals surface area contributed by atoms with Crippen molar-refractivity contribution in [3.05, 3.63) is 59.7 Å². The third kappa shape index (κ3) is 3.83. The van der Waals surface area contributed by atoms with E-state index in [1.54, 1.807) is 0 Å². The summed E-state index contributed by atoms with van der Waals surface area (Å²) >= 11 is -2.81. The van der Waals surface area contributed by atoms with Crippen LogP contribution in [0.3, 0.4) is 0 Å². The van der Waals surface area contributed by atoms with Crippen molar-refractivity contribution in [1.29, 1.82) is 0 Å². The SMILES string of the molecule is CC1=CC(C)c2c1c1ccccc1c1ccc[c]([Ti]([CH3])([CH3])[NH]C(=O)C3CCCCC3)c21.[SiH4]. The predicted molar refractivity (Wildman–Crippen MR) is 141 cm³/mol. The topological polar surface area (TPSA) is 29.1 Å². The molecule has 1 unspecified atom stereocenters. The first kappa shape index (κ1) is 23.5. The quantitative estimate of drug-likeness (QED) is 0.387. The van der Waals surface area contributed by atoms with Gasteiger partial charge in [-0.15, -0.1) is 0 Å². The second-order valence-corrected chi connectivity index (χ2v) is 16.5. The zero-order valence-electron chi connectivity index (χ0n) is 19.2. The summed E-state index contributed by atoms with van der Waals surface area (Å²) in [7, 11) is 0. The van der Waals surface area contributed by atoms with Crippen LogP contribution >= 0.6 is 0 Å². The first-order chi connectivity index (χ1) is 14.9. The molecule has 5 rings (SSSR count). The van der Waals surface area contributed by atoms with Crippen molar-refractivity contribution in [3.8, 4) is 0 Å². The van der Waals surface area contributed by atoms with Crippen molar-refractivity contribution < 1.29 is 21.6 Å². The number of hydrogen-bond donors (Lipinski definition) is 1. The van der Waals surface area contributed by atoms with E-state index in [-0.39, 0.29) is 16.9 Å². The standard InChI is InChI=1S/C19H15.C7H13NO.2CH3.H4Si.Ti/c1-12-11-13(2)19-17-10-6-4-8-15(17)14-7-3-5-9-16(14)18(12)19;8-7(9)6-4-2-1-3-5-6;;;;/h3-9,11,13H,1-2H3;6H,1-5H2,(H2,8,9);2*1H3;1H4;/q;;;;;+1/p-1. The second kappa shape index (κ2) is 8.93. The molecule has 1 N–H and O–H groups in total. The van der Waals surface area contributed by atoms with Gasteiger partial charge < -0.3 is 0 Å². The van der Waals surface area contributed by atoms with Crippen LogP contribution in [0.5, 0.6) is 0 Å². The smallest absolute Gasteiger partial charge is 0.0149 e. The van der Waals surface area contributed by atoms with E-state index in [9.17, 15) is 4.79 Å². The molecule has 1 saturated carbocycles. The maximum Gasteiger partial charge on any atom is -0.0149 e. The Morgan fingerprint density at radius 1 is 0.938 bits per heavy atom. The largest absolute Gasteiger partial charge is 0.0149 e. The number of nitrogens with one attached hydrogen (secondary N) is 1. The summed E-state index contributed by atoms with van der Waals surface area (Å²) in [4.78, 5) is 13.2. The Balaban J connectivity index is 0.00000245. The summed E-state index contributed by atoms with van der Waals surface area (Å²) in [6.45, 7) is 4.57. The van der Waals surface area contributed by atoms with Gasteiger partial charge in [-0.05, 0) is 11.0 Å². The van der Waals surface area contributed by atoms with Crippen LogP contribution in [0.25, 0.3) is 27.1 Å². The molecule has 1 amide bonds. The molecule has 0 bridgehead atoms. The molecule has 2 aliphatic rings. The molecule has 4 heteroatoms. The van der Waals surface area contributed by atoms with E-state index in [4.69, 9.17) is 0 Å². The fourth-order valence-corrected chi connectivity index (χ4v) is 9.75. The average Bonchev–Trinajstić information content (AvgIpc) is 3.08. The van der Waals surface area contributed by atoms with Crippen LogP contribution in [0.2, 0.25) is 10.5 Å². The molecule has 3 aromatic carbocycles. The van der Waals surface area contributed by atoms with Crippen LogP contribution in [-0.4, -0.2) is 16.9 Å². The Kier molecular flexibility index (Phi) is 6.55. The van der Waals surface area contributed by atoms with Crippen molar-refractivity contribution >= 4 is 47.9 Å².